The molecule has 1 aliphatic heterocycles. The van der Waals surface area contributed by atoms with E-state index in [9.17, 15) is 19.5 Å². The van der Waals surface area contributed by atoms with E-state index in [0.717, 1.165) is 25.0 Å². The monoisotopic (exact) mass is 546 g/mol. The summed E-state index contributed by atoms with van der Waals surface area (Å²) in [5.74, 6) is 0.275. The lowest BCUT2D eigenvalue weighted by Crippen LogP contribution is -2.07. The summed E-state index contributed by atoms with van der Waals surface area (Å²) in [4.78, 5) is 36.5. The number of fused-ring (bicyclic) bond motifs is 2. The number of benzene rings is 3. The molecule has 0 radical (unpaired) electrons. The number of carboxylic acids is 1. The fourth-order valence-electron chi connectivity index (χ4n) is 4.89. The van der Waals surface area contributed by atoms with Gasteiger partial charge in [0.2, 0.25) is 0 Å². The quantitative estimate of drug-likeness (QED) is 0.0547. The Morgan fingerprint density at radius 1 is 0.795 bits per heavy atom. The zero-order chi connectivity index (χ0) is 27.6. The molecule has 0 amide bonds. The molecule has 1 aliphatic carbocycles. The molecule has 2 aliphatic rings. The van der Waals surface area contributed by atoms with E-state index < -0.39 is 5.97 Å². The fraction of sp³-hybridized carbons (Fsp3) is 0.344. The second-order valence-electron chi connectivity index (χ2n) is 9.77. The van der Waals surface area contributed by atoms with Gasteiger partial charge in [0, 0.05) is 35.1 Å². The summed E-state index contributed by atoms with van der Waals surface area (Å²) < 4.78 is 11.6. The van der Waals surface area contributed by atoms with Crippen LogP contribution < -0.4 is 10.2 Å². The molecule has 0 aromatic heterocycles. The number of ether oxygens (including phenoxy) is 1. The molecule has 4 rings (SSSR count). The highest BCUT2D eigenvalue weighted by Crippen LogP contribution is 2.42. The van der Waals surface area contributed by atoms with Gasteiger partial charge in [-0.25, -0.2) is 4.79 Å². The van der Waals surface area contributed by atoms with E-state index in [1.807, 2.05) is 0 Å². The zero-order valence-corrected chi connectivity index (χ0v) is 22.9. The molecule has 2 aromatic rings. The molecule has 0 unspecified atom stereocenters. The van der Waals surface area contributed by atoms with Crippen LogP contribution in [0.1, 0.15) is 74.6 Å². The minimum atomic E-state index is -1.05. The normalized spacial score (nSPS) is 11.2. The van der Waals surface area contributed by atoms with Gasteiger partial charge in [0.25, 0.3) is 0 Å². The van der Waals surface area contributed by atoms with Crippen LogP contribution in [-0.4, -0.2) is 22.8 Å². The Balaban J connectivity index is 1.47. The van der Waals surface area contributed by atoms with Crippen molar-refractivity contribution in [2.45, 2.75) is 64.2 Å². The summed E-state index contributed by atoms with van der Waals surface area (Å²) in [5.41, 5.74) is 2.09. The standard InChI is InChI=1S/C32H34O6S/c33-22-15-17-26-28(20-22)38-29-21-23(37-30(34)14-8-6-4-2-1-3-5-7-11-19-39)16-18-27(29)31(26)24-12-9-10-13-25(24)32(35)36/h9-10,12-13,15-18,20-21,39H,1-8,11,14,19H2,(H,35,36). The minimum absolute atomic E-state index is 0.140. The van der Waals surface area contributed by atoms with Gasteiger partial charge in [0.15, 0.2) is 5.43 Å². The number of hydrogen-bond acceptors (Lipinski definition) is 6. The Labute approximate surface area is 233 Å². The van der Waals surface area contributed by atoms with E-state index in [-0.39, 0.29) is 17.0 Å². The SMILES string of the molecule is O=C(CCCCCCCCCCCS)Oc1ccc2c(-c3ccccc3C(=O)O)c3ccc(=O)cc-3oc2c1. The summed E-state index contributed by atoms with van der Waals surface area (Å²) in [6.07, 6.45) is 10.6. The van der Waals surface area contributed by atoms with Crippen LogP contribution in [0.25, 0.3) is 33.4 Å². The van der Waals surface area contributed by atoms with Crippen molar-refractivity contribution in [3.8, 4) is 28.2 Å². The van der Waals surface area contributed by atoms with Crippen molar-refractivity contribution in [3.63, 3.8) is 0 Å². The Morgan fingerprint density at radius 3 is 2.21 bits per heavy atom. The van der Waals surface area contributed by atoms with Crippen molar-refractivity contribution in [3.05, 3.63) is 76.5 Å². The lowest BCUT2D eigenvalue weighted by atomic mass is 9.91. The van der Waals surface area contributed by atoms with Gasteiger partial charge in [-0.05, 0) is 54.5 Å². The maximum Gasteiger partial charge on any atom is 0.336 e. The van der Waals surface area contributed by atoms with Crippen LogP contribution in [0, 0.1) is 0 Å². The predicted octanol–water partition coefficient (Wildman–Crippen LogP) is 8.00. The average molecular weight is 547 g/mol. The van der Waals surface area contributed by atoms with Crippen molar-refractivity contribution in [1.82, 2.24) is 0 Å². The molecule has 0 saturated carbocycles. The third-order valence-electron chi connectivity index (χ3n) is 6.86. The molecule has 6 nitrogen and oxygen atoms in total. The number of carboxylic acid groups (broad SMARTS) is 1. The van der Waals surface area contributed by atoms with Crippen molar-refractivity contribution >= 4 is 35.5 Å². The van der Waals surface area contributed by atoms with Crippen molar-refractivity contribution < 1.29 is 23.8 Å². The van der Waals surface area contributed by atoms with Crippen molar-refractivity contribution in [1.29, 1.82) is 0 Å². The molecule has 1 N–H and O–H groups in total. The highest BCUT2D eigenvalue weighted by Gasteiger charge is 2.21. The smallest absolute Gasteiger partial charge is 0.336 e. The first kappa shape index (κ1) is 28.4. The second kappa shape index (κ2) is 14.0. The molecule has 0 saturated heterocycles. The molecule has 2 aromatic carbocycles. The van der Waals surface area contributed by atoms with E-state index in [4.69, 9.17) is 9.15 Å². The molecule has 0 atom stereocenters. The van der Waals surface area contributed by atoms with E-state index in [2.05, 4.69) is 12.6 Å². The van der Waals surface area contributed by atoms with Gasteiger partial charge in [-0.1, -0.05) is 63.1 Å². The number of esters is 1. The first-order valence-electron chi connectivity index (χ1n) is 13.6. The number of carbonyl (C=O) groups is 2. The van der Waals surface area contributed by atoms with E-state index in [1.54, 1.807) is 48.5 Å². The Hall–Kier alpha value is -3.58. The number of unbranched alkanes of at least 4 members (excludes halogenated alkanes) is 8. The maximum absolute atomic E-state index is 12.5. The molecule has 204 valence electrons. The number of rotatable bonds is 14. The molecular formula is C32H34O6S. The predicted molar refractivity (Wildman–Crippen MR) is 157 cm³/mol. The third kappa shape index (κ3) is 7.51. The number of hydrogen-bond donors (Lipinski definition) is 2. The van der Waals surface area contributed by atoms with E-state index in [1.165, 1.54) is 50.7 Å². The van der Waals surface area contributed by atoms with Gasteiger partial charge in [-0.15, -0.1) is 0 Å². The van der Waals surface area contributed by atoms with E-state index in [0.29, 0.717) is 45.6 Å². The van der Waals surface area contributed by atoms with Crippen LogP contribution in [0.4, 0.5) is 0 Å². The number of thiol groups is 1. The van der Waals surface area contributed by atoms with Crippen LogP contribution in [0.5, 0.6) is 5.75 Å². The van der Waals surface area contributed by atoms with Gasteiger partial charge in [0.05, 0.1) is 5.56 Å². The summed E-state index contributed by atoms with van der Waals surface area (Å²) in [6, 6.07) is 16.2. The van der Waals surface area contributed by atoms with Gasteiger partial charge in [-0.3, -0.25) is 9.59 Å². The van der Waals surface area contributed by atoms with Crippen LogP contribution in [0.15, 0.2) is 69.9 Å². The van der Waals surface area contributed by atoms with E-state index >= 15 is 0 Å². The Bertz CT molecular complexity index is 1460. The van der Waals surface area contributed by atoms with Crippen LogP contribution in [0.3, 0.4) is 0 Å². The first-order chi connectivity index (χ1) is 19.0. The fourth-order valence-corrected chi connectivity index (χ4v) is 5.12. The summed E-state index contributed by atoms with van der Waals surface area (Å²) in [7, 11) is 0. The Morgan fingerprint density at radius 2 is 1.49 bits per heavy atom. The zero-order valence-electron chi connectivity index (χ0n) is 22.0. The van der Waals surface area contributed by atoms with Gasteiger partial charge >= 0.3 is 11.9 Å². The summed E-state index contributed by atoms with van der Waals surface area (Å²) in [5, 5.41) is 10.4. The summed E-state index contributed by atoms with van der Waals surface area (Å²) >= 11 is 4.24. The van der Waals surface area contributed by atoms with Crippen LogP contribution in [-0.2, 0) is 4.79 Å². The number of aromatic carboxylic acids is 1. The average Bonchev–Trinajstić information content (AvgIpc) is 2.92. The molecule has 0 bridgehead atoms. The van der Waals surface area contributed by atoms with Crippen LogP contribution >= 0.6 is 12.6 Å². The highest BCUT2D eigenvalue weighted by atomic mass is 32.1. The van der Waals surface area contributed by atoms with Gasteiger partial charge in [0.1, 0.15) is 17.1 Å². The second-order valence-corrected chi connectivity index (χ2v) is 10.2. The van der Waals surface area contributed by atoms with Crippen LogP contribution in [0.2, 0.25) is 0 Å². The summed E-state index contributed by atoms with van der Waals surface area (Å²) in [6.45, 7) is 0. The Kier molecular flexibility index (Phi) is 10.2. The first-order valence-corrected chi connectivity index (χ1v) is 14.3. The molecule has 0 spiro atoms. The van der Waals surface area contributed by atoms with Gasteiger partial charge < -0.3 is 14.3 Å². The third-order valence-corrected chi connectivity index (χ3v) is 7.18. The molecule has 1 heterocycles. The highest BCUT2D eigenvalue weighted by molar-refractivity contribution is 7.80. The lowest BCUT2D eigenvalue weighted by Gasteiger charge is -2.17. The molecular weight excluding hydrogens is 512 g/mol. The lowest BCUT2D eigenvalue weighted by molar-refractivity contribution is -0.134. The van der Waals surface area contributed by atoms with Crippen molar-refractivity contribution in [2.24, 2.45) is 0 Å². The molecule has 0 fully saturated rings. The largest absolute Gasteiger partial charge is 0.478 e. The van der Waals surface area contributed by atoms with Crippen molar-refractivity contribution in [2.75, 3.05) is 5.75 Å². The molecule has 39 heavy (non-hydrogen) atoms. The minimum Gasteiger partial charge on any atom is -0.478 e. The number of carbonyl (C=O) groups excluding carboxylic acids is 1. The van der Waals surface area contributed by atoms with Gasteiger partial charge in [-0.2, -0.15) is 12.6 Å². The topological polar surface area (TPSA) is 93.8 Å². The molecule has 7 heteroatoms. The maximum atomic E-state index is 12.5.